The number of benzene rings is 1. The molecule has 8 heteroatoms. The third-order valence-electron chi connectivity index (χ3n) is 4.38. The third-order valence-corrected chi connectivity index (χ3v) is 4.38. The Morgan fingerprint density at radius 1 is 1.29 bits per heavy atom. The van der Waals surface area contributed by atoms with Crippen LogP contribution in [0.15, 0.2) is 53.7 Å². The number of nitrogen functional groups attached to an aromatic ring is 1. The molecule has 0 saturated heterocycles. The molecule has 0 atom stereocenters. The van der Waals surface area contributed by atoms with E-state index >= 15 is 0 Å². The molecule has 0 aliphatic carbocycles. The van der Waals surface area contributed by atoms with Crippen LogP contribution in [-0.2, 0) is 15.0 Å². The van der Waals surface area contributed by atoms with Gasteiger partial charge >= 0.3 is 0 Å². The summed E-state index contributed by atoms with van der Waals surface area (Å²) in [6.45, 7) is 10.7. The highest BCUT2D eigenvalue weighted by atomic mass is 16.5. The molecule has 1 aromatic heterocycles. The molecule has 2 aromatic rings. The fourth-order valence-electron chi connectivity index (χ4n) is 2.82. The van der Waals surface area contributed by atoms with Crippen LogP contribution in [0, 0.1) is 0 Å². The lowest BCUT2D eigenvalue weighted by Gasteiger charge is -2.23. The van der Waals surface area contributed by atoms with Gasteiger partial charge in [-0.3, -0.25) is 9.79 Å². The minimum atomic E-state index is -0.394. The topological polar surface area (TPSA) is 104 Å². The number of nitrogens with one attached hydrogen (secondary N) is 1. The lowest BCUT2D eigenvalue weighted by Crippen LogP contribution is -2.25. The number of allylic oxidation sites excluding steroid dienone is 1. The highest BCUT2D eigenvalue weighted by Gasteiger charge is 2.26. The second-order valence-corrected chi connectivity index (χ2v) is 7.77. The number of rotatable bonds is 9. The first-order chi connectivity index (χ1) is 14.7. The van der Waals surface area contributed by atoms with Gasteiger partial charge < -0.3 is 20.5 Å². The summed E-state index contributed by atoms with van der Waals surface area (Å²) < 4.78 is 12.4. The van der Waals surface area contributed by atoms with Gasteiger partial charge in [0.1, 0.15) is 18.1 Å². The predicted molar refractivity (Wildman–Crippen MR) is 126 cm³/mol. The van der Waals surface area contributed by atoms with Crippen LogP contribution in [0.5, 0.6) is 0 Å². The maximum atomic E-state index is 12.1. The minimum Gasteiger partial charge on any atom is -0.475 e. The largest absolute Gasteiger partial charge is 0.475 e. The van der Waals surface area contributed by atoms with Crippen molar-refractivity contribution in [1.82, 2.24) is 9.78 Å². The van der Waals surface area contributed by atoms with E-state index in [-0.39, 0.29) is 0 Å². The standard InChI is InChI=1S/C23H31N5O3/c1-7-18(14-20(25-5)31-13-12-30-6)26-22-19(15-29)21(27-28(22)23(2,3)4)16-8-10-17(24)11-9-16/h7-11,14-15,26H,1,12-13,24H2,2-6H3/b18-14+,25-20?. The predicted octanol–water partition coefficient (Wildman–Crippen LogP) is 3.87. The van der Waals surface area contributed by atoms with Crippen LogP contribution in [0.3, 0.4) is 0 Å². The fourth-order valence-corrected chi connectivity index (χ4v) is 2.82. The molecule has 0 aliphatic heterocycles. The minimum absolute atomic E-state index is 0.366. The number of aromatic nitrogens is 2. The second kappa shape index (κ2) is 10.6. The third kappa shape index (κ3) is 6.05. The SMILES string of the molecule is C=C/C(=C\C(=NC)OCCOC)Nc1c(C=O)c(-c2ccc(N)cc2)nn1C(C)(C)C. The van der Waals surface area contributed by atoms with E-state index in [2.05, 4.69) is 16.9 Å². The van der Waals surface area contributed by atoms with Gasteiger partial charge in [0.05, 0.1) is 17.7 Å². The van der Waals surface area contributed by atoms with Gasteiger partial charge in [0, 0.05) is 37.2 Å². The van der Waals surface area contributed by atoms with Gasteiger partial charge in [-0.05, 0) is 39.0 Å². The molecule has 0 bridgehead atoms. The number of hydrogen-bond acceptors (Lipinski definition) is 7. The molecule has 1 aromatic carbocycles. The van der Waals surface area contributed by atoms with E-state index in [1.165, 1.54) is 0 Å². The Hall–Kier alpha value is -3.39. The van der Waals surface area contributed by atoms with Crippen LogP contribution in [-0.4, -0.2) is 49.3 Å². The summed E-state index contributed by atoms with van der Waals surface area (Å²) in [6.07, 6.45) is 4.14. The number of nitrogens with two attached hydrogens (primary N) is 1. The zero-order valence-corrected chi connectivity index (χ0v) is 18.8. The van der Waals surface area contributed by atoms with Gasteiger partial charge in [-0.2, -0.15) is 5.10 Å². The number of anilines is 2. The first-order valence-corrected chi connectivity index (χ1v) is 9.89. The van der Waals surface area contributed by atoms with Crippen molar-refractivity contribution in [3.05, 3.63) is 54.3 Å². The maximum absolute atomic E-state index is 12.1. The Kier molecular flexibility index (Phi) is 8.15. The van der Waals surface area contributed by atoms with Crippen LogP contribution in [0.4, 0.5) is 11.5 Å². The molecule has 1 heterocycles. The zero-order valence-electron chi connectivity index (χ0n) is 18.8. The number of carbonyl (C=O) groups is 1. The molecular weight excluding hydrogens is 394 g/mol. The van der Waals surface area contributed by atoms with Crippen LogP contribution in [0.25, 0.3) is 11.3 Å². The van der Waals surface area contributed by atoms with Crippen molar-refractivity contribution in [3.8, 4) is 11.3 Å². The molecule has 0 unspecified atom stereocenters. The molecule has 0 aliphatic rings. The smallest absolute Gasteiger partial charge is 0.210 e. The van der Waals surface area contributed by atoms with E-state index in [0.29, 0.717) is 47.6 Å². The summed E-state index contributed by atoms with van der Waals surface area (Å²) in [5.41, 5.74) is 8.46. The van der Waals surface area contributed by atoms with E-state index in [0.717, 1.165) is 11.8 Å². The number of methoxy groups -OCH3 is 1. The summed E-state index contributed by atoms with van der Waals surface area (Å²) in [6, 6.07) is 7.25. The highest BCUT2D eigenvalue weighted by Crippen LogP contribution is 2.33. The Bertz CT molecular complexity index is 966. The molecule has 0 fully saturated rings. The van der Waals surface area contributed by atoms with Crippen molar-refractivity contribution in [2.75, 3.05) is 38.4 Å². The van der Waals surface area contributed by atoms with Crippen molar-refractivity contribution >= 4 is 23.7 Å². The number of aldehydes is 1. The van der Waals surface area contributed by atoms with Gasteiger partial charge in [0.25, 0.3) is 0 Å². The lowest BCUT2D eigenvalue weighted by molar-refractivity contribution is 0.112. The average molecular weight is 426 g/mol. The summed E-state index contributed by atoms with van der Waals surface area (Å²) in [5, 5.41) is 8.02. The average Bonchev–Trinajstić information content (AvgIpc) is 3.11. The Morgan fingerprint density at radius 2 is 1.97 bits per heavy atom. The number of hydrogen-bond donors (Lipinski definition) is 2. The van der Waals surface area contributed by atoms with Gasteiger partial charge in [0.15, 0.2) is 6.29 Å². The zero-order chi connectivity index (χ0) is 23.0. The van der Waals surface area contributed by atoms with Gasteiger partial charge in [-0.15, -0.1) is 0 Å². The van der Waals surface area contributed by atoms with Crippen molar-refractivity contribution < 1.29 is 14.3 Å². The highest BCUT2D eigenvalue weighted by molar-refractivity contribution is 5.94. The van der Waals surface area contributed by atoms with Gasteiger partial charge in [-0.25, -0.2) is 4.68 Å². The maximum Gasteiger partial charge on any atom is 0.210 e. The molecule has 2 rings (SSSR count). The molecule has 3 N–H and O–H groups in total. The Balaban J connectivity index is 2.52. The Labute approximate surface area is 183 Å². The fraction of sp³-hybridized carbons (Fsp3) is 0.348. The number of ether oxygens (including phenoxy) is 2. The molecule has 31 heavy (non-hydrogen) atoms. The van der Waals surface area contributed by atoms with Crippen molar-refractivity contribution in [2.45, 2.75) is 26.3 Å². The normalized spacial score (nSPS) is 12.5. The monoisotopic (exact) mass is 425 g/mol. The van der Waals surface area contributed by atoms with Crippen LogP contribution in [0.1, 0.15) is 31.1 Å². The van der Waals surface area contributed by atoms with Crippen LogP contribution >= 0.6 is 0 Å². The van der Waals surface area contributed by atoms with Crippen molar-refractivity contribution in [1.29, 1.82) is 0 Å². The van der Waals surface area contributed by atoms with E-state index in [1.54, 1.807) is 43.1 Å². The van der Waals surface area contributed by atoms with Crippen molar-refractivity contribution in [2.24, 2.45) is 4.99 Å². The second-order valence-electron chi connectivity index (χ2n) is 7.77. The van der Waals surface area contributed by atoms with Gasteiger partial charge in [0.2, 0.25) is 5.90 Å². The van der Waals surface area contributed by atoms with Crippen LogP contribution < -0.4 is 11.1 Å². The quantitative estimate of drug-likeness (QED) is 0.158. The van der Waals surface area contributed by atoms with Crippen LogP contribution in [0.2, 0.25) is 0 Å². The number of nitrogens with zero attached hydrogens (tertiary/aromatic N) is 3. The van der Waals surface area contributed by atoms with E-state index in [4.69, 9.17) is 20.3 Å². The van der Waals surface area contributed by atoms with E-state index in [1.807, 2.05) is 32.9 Å². The lowest BCUT2D eigenvalue weighted by atomic mass is 10.1. The van der Waals surface area contributed by atoms with Crippen molar-refractivity contribution in [3.63, 3.8) is 0 Å². The molecule has 0 radical (unpaired) electrons. The number of carbonyl (C=O) groups excluding carboxylic acids is 1. The molecule has 8 nitrogen and oxygen atoms in total. The first kappa shape index (κ1) is 23.9. The summed E-state index contributed by atoms with van der Waals surface area (Å²) in [5.74, 6) is 0.959. The summed E-state index contributed by atoms with van der Waals surface area (Å²) in [7, 11) is 3.24. The first-order valence-electron chi connectivity index (χ1n) is 9.89. The summed E-state index contributed by atoms with van der Waals surface area (Å²) >= 11 is 0. The molecular formula is C23H31N5O3. The van der Waals surface area contributed by atoms with E-state index < -0.39 is 5.54 Å². The molecule has 0 amide bonds. The Morgan fingerprint density at radius 3 is 2.48 bits per heavy atom. The van der Waals surface area contributed by atoms with E-state index in [9.17, 15) is 4.79 Å². The number of aliphatic imine (C=N–C) groups is 1. The molecule has 0 spiro atoms. The molecule has 0 saturated carbocycles. The van der Waals surface area contributed by atoms with Gasteiger partial charge in [-0.1, -0.05) is 18.7 Å². The molecule has 166 valence electrons. The summed E-state index contributed by atoms with van der Waals surface area (Å²) in [4.78, 5) is 16.3.